The van der Waals surface area contributed by atoms with Crippen molar-refractivity contribution in [2.75, 3.05) is 19.8 Å². The van der Waals surface area contributed by atoms with Crippen molar-refractivity contribution in [3.8, 4) is 0 Å². The Hall–Kier alpha value is -1.32. The summed E-state index contributed by atoms with van der Waals surface area (Å²) >= 11 is 0. The first-order chi connectivity index (χ1) is 8.86. The monoisotopic (exact) mass is 246 g/mol. The SMILES string of the molecule is CCCOCCn1ccc2c(CCN)cccc21. The van der Waals surface area contributed by atoms with Gasteiger partial charge in [0.1, 0.15) is 0 Å². The van der Waals surface area contributed by atoms with Crippen LogP contribution in [-0.4, -0.2) is 24.3 Å². The van der Waals surface area contributed by atoms with Crippen molar-refractivity contribution in [1.29, 1.82) is 0 Å². The number of rotatable bonds is 7. The normalized spacial score (nSPS) is 11.2. The quantitative estimate of drug-likeness (QED) is 0.763. The van der Waals surface area contributed by atoms with Gasteiger partial charge in [-0.05, 0) is 37.1 Å². The first-order valence-corrected chi connectivity index (χ1v) is 6.71. The van der Waals surface area contributed by atoms with Crippen LogP contribution < -0.4 is 5.73 Å². The summed E-state index contributed by atoms with van der Waals surface area (Å²) in [5, 5.41) is 1.32. The van der Waals surface area contributed by atoms with E-state index in [2.05, 4.69) is 42.0 Å². The van der Waals surface area contributed by atoms with E-state index in [9.17, 15) is 0 Å². The molecule has 0 bridgehead atoms. The van der Waals surface area contributed by atoms with Crippen LogP contribution in [0.3, 0.4) is 0 Å². The van der Waals surface area contributed by atoms with Crippen LogP contribution in [0.25, 0.3) is 10.9 Å². The number of hydrogen-bond acceptors (Lipinski definition) is 2. The van der Waals surface area contributed by atoms with Crippen LogP contribution in [0.1, 0.15) is 18.9 Å². The maximum atomic E-state index is 5.65. The highest BCUT2D eigenvalue weighted by molar-refractivity contribution is 5.83. The van der Waals surface area contributed by atoms with Gasteiger partial charge in [-0.1, -0.05) is 19.1 Å². The molecule has 98 valence electrons. The molecule has 0 spiro atoms. The highest BCUT2D eigenvalue weighted by atomic mass is 16.5. The molecule has 0 radical (unpaired) electrons. The van der Waals surface area contributed by atoms with E-state index < -0.39 is 0 Å². The zero-order chi connectivity index (χ0) is 12.8. The molecule has 2 aromatic rings. The first-order valence-electron chi connectivity index (χ1n) is 6.71. The van der Waals surface area contributed by atoms with Gasteiger partial charge < -0.3 is 15.0 Å². The van der Waals surface area contributed by atoms with E-state index in [0.29, 0.717) is 6.54 Å². The van der Waals surface area contributed by atoms with E-state index in [-0.39, 0.29) is 0 Å². The molecule has 3 nitrogen and oxygen atoms in total. The van der Waals surface area contributed by atoms with E-state index in [4.69, 9.17) is 10.5 Å². The molecular formula is C15H22N2O. The second-order valence-electron chi connectivity index (χ2n) is 4.51. The highest BCUT2D eigenvalue weighted by Crippen LogP contribution is 2.20. The molecular weight excluding hydrogens is 224 g/mol. The molecule has 1 aromatic carbocycles. The van der Waals surface area contributed by atoms with Gasteiger partial charge in [0.15, 0.2) is 0 Å². The van der Waals surface area contributed by atoms with E-state index in [1.807, 2.05) is 0 Å². The van der Waals surface area contributed by atoms with Crippen LogP contribution >= 0.6 is 0 Å². The molecule has 0 amide bonds. The van der Waals surface area contributed by atoms with Crippen molar-refractivity contribution in [3.05, 3.63) is 36.0 Å². The van der Waals surface area contributed by atoms with Gasteiger partial charge in [0, 0.05) is 30.3 Å². The molecule has 1 aromatic heterocycles. The largest absolute Gasteiger partial charge is 0.380 e. The summed E-state index contributed by atoms with van der Waals surface area (Å²) in [6.07, 6.45) is 4.15. The number of ether oxygens (including phenoxy) is 1. The van der Waals surface area contributed by atoms with Crippen molar-refractivity contribution in [1.82, 2.24) is 4.57 Å². The summed E-state index contributed by atoms with van der Waals surface area (Å²) in [5.41, 5.74) is 8.26. The molecule has 3 heteroatoms. The number of hydrogen-bond donors (Lipinski definition) is 1. The Kier molecular flexibility index (Phi) is 4.79. The fourth-order valence-electron chi connectivity index (χ4n) is 2.26. The third kappa shape index (κ3) is 2.92. The van der Waals surface area contributed by atoms with Crippen molar-refractivity contribution in [3.63, 3.8) is 0 Å². The molecule has 2 rings (SSSR count). The Morgan fingerprint density at radius 2 is 2.11 bits per heavy atom. The topological polar surface area (TPSA) is 40.2 Å². The molecule has 0 unspecified atom stereocenters. The van der Waals surface area contributed by atoms with Crippen molar-refractivity contribution < 1.29 is 4.74 Å². The Balaban J connectivity index is 2.12. The van der Waals surface area contributed by atoms with E-state index in [0.717, 1.165) is 32.6 Å². The fraction of sp³-hybridized carbons (Fsp3) is 0.467. The highest BCUT2D eigenvalue weighted by Gasteiger charge is 2.04. The summed E-state index contributed by atoms with van der Waals surface area (Å²) in [6, 6.07) is 8.61. The Morgan fingerprint density at radius 1 is 1.22 bits per heavy atom. The average molecular weight is 246 g/mol. The van der Waals surface area contributed by atoms with Crippen LogP contribution in [0.5, 0.6) is 0 Å². The van der Waals surface area contributed by atoms with Crippen LogP contribution in [0.4, 0.5) is 0 Å². The zero-order valence-corrected chi connectivity index (χ0v) is 11.1. The second kappa shape index (κ2) is 6.57. The Labute approximate surface area is 109 Å². The molecule has 2 N–H and O–H groups in total. The van der Waals surface area contributed by atoms with Crippen LogP contribution in [0.2, 0.25) is 0 Å². The van der Waals surface area contributed by atoms with Crippen LogP contribution in [0.15, 0.2) is 30.5 Å². The average Bonchev–Trinajstić information content (AvgIpc) is 2.80. The summed E-state index contributed by atoms with van der Waals surface area (Å²) in [5.74, 6) is 0. The molecule has 0 saturated heterocycles. The Bertz CT molecular complexity index is 490. The number of nitrogens with zero attached hydrogens (tertiary/aromatic N) is 1. The lowest BCUT2D eigenvalue weighted by molar-refractivity contribution is 0.127. The predicted molar refractivity (Wildman–Crippen MR) is 75.8 cm³/mol. The maximum absolute atomic E-state index is 5.65. The van der Waals surface area contributed by atoms with Gasteiger partial charge in [-0.2, -0.15) is 0 Å². The van der Waals surface area contributed by atoms with Gasteiger partial charge in [0.2, 0.25) is 0 Å². The third-order valence-corrected chi connectivity index (χ3v) is 3.14. The number of nitrogens with two attached hydrogens (primary N) is 1. The maximum Gasteiger partial charge on any atom is 0.0645 e. The third-order valence-electron chi connectivity index (χ3n) is 3.14. The molecule has 1 heterocycles. The van der Waals surface area contributed by atoms with E-state index in [1.165, 1.54) is 16.5 Å². The van der Waals surface area contributed by atoms with Gasteiger partial charge in [0.25, 0.3) is 0 Å². The van der Waals surface area contributed by atoms with Gasteiger partial charge in [-0.15, -0.1) is 0 Å². The standard InChI is InChI=1S/C15H22N2O/c1-2-11-18-12-10-17-9-7-14-13(6-8-16)4-3-5-15(14)17/h3-5,7,9H,2,6,8,10-12,16H2,1H3. The minimum atomic E-state index is 0.698. The summed E-state index contributed by atoms with van der Waals surface area (Å²) in [7, 11) is 0. The van der Waals surface area contributed by atoms with Crippen molar-refractivity contribution in [2.24, 2.45) is 5.73 Å². The Morgan fingerprint density at radius 3 is 2.89 bits per heavy atom. The minimum absolute atomic E-state index is 0.698. The molecule has 0 aliphatic carbocycles. The van der Waals surface area contributed by atoms with E-state index >= 15 is 0 Å². The van der Waals surface area contributed by atoms with Crippen molar-refractivity contribution >= 4 is 10.9 Å². The number of benzene rings is 1. The fourth-order valence-corrected chi connectivity index (χ4v) is 2.26. The number of aromatic nitrogens is 1. The number of fused-ring (bicyclic) bond motifs is 1. The molecule has 18 heavy (non-hydrogen) atoms. The second-order valence-corrected chi connectivity index (χ2v) is 4.51. The summed E-state index contributed by atoms with van der Waals surface area (Å²) < 4.78 is 7.80. The lowest BCUT2D eigenvalue weighted by Crippen LogP contribution is -2.06. The van der Waals surface area contributed by atoms with Crippen molar-refractivity contribution in [2.45, 2.75) is 26.3 Å². The van der Waals surface area contributed by atoms with Gasteiger partial charge >= 0.3 is 0 Å². The molecule has 0 saturated carbocycles. The lowest BCUT2D eigenvalue weighted by Gasteiger charge is -2.07. The van der Waals surface area contributed by atoms with Gasteiger partial charge in [0.05, 0.1) is 6.61 Å². The molecule has 0 aliphatic rings. The minimum Gasteiger partial charge on any atom is -0.380 e. The van der Waals surface area contributed by atoms with Crippen LogP contribution in [0, 0.1) is 0 Å². The van der Waals surface area contributed by atoms with Gasteiger partial charge in [-0.25, -0.2) is 0 Å². The molecule has 0 aliphatic heterocycles. The molecule has 0 fully saturated rings. The lowest BCUT2D eigenvalue weighted by atomic mass is 10.1. The van der Waals surface area contributed by atoms with Gasteiger partial charge in [-0.3, -0.25) is 0 Å². The van der Waals surface area contributed by atoms with Crippen LogP contribution in [-0.2, 0) is 17.7 Å². The molecule has 0 atom stereocenters. The predicted octanol–water partition coefficient (Wildman–Crippen LogP) is 2.57. The first kappa shape index (κ1) is 13.1. The van der Waals surface area contributed by atoms with E-state index in [1.54, 1.807) is 0 Å². The zero-order valence-electron chi connectivity index (χ0n) is 11.1. The smallest absolute Gasteiger partial charge is 0.0645 e. The summed E-state index contributed by atoms with van der Waals surface area (Å²) in [6.45, 7) is 5.36. The summed E-state index contributed by atoms with van der Waals surface area (Å²) in [4.78, 5) is 0.